The minimum absolute atomic E-state index is 0.228. The number of anilines is 2. The zero-order chi connectivity index (χ0) is 14.1. The Morgan fingerprint density at radius 3 is 2.65 bits per heavy atom. The number of fused-ring (bicyclic) bond motifs is 1. The summed E-state index contributed by atoms with van der Waals surface area (Å²) in [5, 5.41) is 11.5. The number of rotatable bonds is 2. The van der Waals surface area contributed by atoms with Crippen molar-refractivity contribution in [2.24, 2.45) is 0 Å². The van der Waals surface area contributed by atoms with Crippen LogP contribution in [0, 0.1) is 6.92 Å². The average molecular weight is 266 g/mol. The van der Waals surface area contributed by atoms with E-state index in [4.69, 9.17) is 5.73 Å². The summed E-state index contributed by atoms with van der Waals surface area (Å²) in [5.74, 6) is 0.134. The molecule has 0 aliphatic heterocycles. The summed E-state index contributed by atoms with van der Waals surface area (Å²) in [6.07, 6.45) is 0. The third-order valence-electron chi connectivity index (χ3n) is 3.24. The minimum atomic E-state index is -0.228. The van der Waals surface area contributed by atoms with Gasteiger partial charge in [0.15, 0.2) is 5.82 Å². The molecule has 0 radical (unpaired) electrons. The van der Waals surface area contributed by atoms with Gasteiger partial charge in [0.2, 0.25) is 0 Å². The predicted octanol–water partition coefficient (Wildman–Crippen LogP) is 2.71. The first kappa shape index (κ1) is 12.2. The Bertz CT molecular complexity index is 791. The number of nitrogen functional groups attached to an aromatic ring is 1. The molecule has 3 rings (SSSR count). The molecule has 1 heterocycles. The van der Waals surface area contributed by atoms with Crippen molar-refractivity contribution in [1.29, 1.82) is 0 Å². The lowest BCUT2D eigenvalue weighted by molar-refractivity contribution is 0.102. The monoisotopic (exact) mass is 266 g/mol. The van der Waals surface area contributed by atoms with Gasteiger partial charge in [-0.05, 0) is 29.8 Å². The molecule has 0 aliphatic carbocycles. The van der Waals surface area contributed by atoms with E-state index < -0.39 is 0 Å². The number of hydrogen-bond donors (Lipinski definition) is 3. The summed E-state index contributed by atoms with van der Waals surface area (Å²) in [6.45, 7) is 1.80. The Balaban J connectivity index is 1.90. The molecule has 100 valence electrons. The van der Waals surface area contributed by atoms with Crippen LogP contribution in [-0.2, 0) is 0 Å². The zero-order valence-corrected chi connectivity index (χ0v) is 11.0. The number of hydrogen-bond acceptors (Lipinski definition) is 3. The fourth-order valence-corrected chi connectivity index (χ4v) is 2.04. The summed E-state index contributed by atoms with van der Waals surface area (Å²) in [7, 11) is 0. The van der Waals surface area contributed by atoms with Crippen LogP contribution in [0.5, 0.6) is 0 Å². The van der Waals surface area contributed by atoms with E-state index >= 15 is 0 Å². The van der Waals surface area contributed by atoms with Crippen molar-refractivity contribution >= 4 is 28.2 Å². The Hall–Kier alpha value is -2.82. The van der Waals surface area contributed by atoms with Crippen LogP contribution in [0.2, 0.25) is 0 Å². The summed E-state index contributed by atoms with van der Waals surface area (Å²) < 4.78 is 0. The molecule has 0 atom stereocenters. The lowest BCUT2D eigenvalue weighted by Crippen LogP contribution is -2.13. The topological polar surface area (TPSA) is 83.8 Å². The number of nitrogens with one attached hydrogen (secondary N) is 2. The largest absolute Gasteiger partial charge is 0.394 e. The average Bonchev–Trinajstić information content (AvgIpc) is 2.78. The highest BCUT2D eigenvalue weighted by atomic mass is 16.1. The van der Waals surface area contributed by atoms with Gasteiger partial charge in [0.1, 0.15) is 0 Å². The molecule has 2 aromatic carbocycles. The summed E-state index contributed by atoms with van der Waals surface area (Å²) in [6, 6.07) is 13.4. The summed E-state index contributed by atoms with van der Waals surface area (Å²) in [4.78, 5) is 12.2. The van der Waals surface area contributed by atoms with Gasteiger partial charge in [0.25, 0.3) is 5.91 Å². The Morgan fingerprint density at radius 1 is 1.20 bits per heavy atom. The lowest BCUT2D eigenvalue weighted by atomic mass is 10.1. The molecule has 3 aromatic rings. The number of aromatic amines is 1. The molecule has 0 aliphatic rings. The second kappa shape index (κ2) is 4.70. The number of aromatic nitrogens is 2. The van der Waals surface area contributed by atoms with Gasteiger partial charge in [-0.25, -0.2) is 0 Å². The Morgan fingerprint density at radius 2 is 1.95 bits per heavy atom. The van der Waals surface area contributed by atoms with E-state index in [2.05, 4.69) is 15.5 Å². The summed E-state index contributed by atoms with van der Waals surface area (Å²) in [5.41, 5.74) is 7.58. The predicted molar refractivity (Wildman–Crippen MR) is 79.6 cm³/mol. The smallest absolute Gasteiger partial charge is 0.256 e. The van der Waals surface area contributed by atoms with Crippen molar-refractivity contribution in [3.05, 3.63) is 53.7 Å². The van der Waals surface area contributed by atoms with E-state index in [1.54, 1.807) is 13.0 Å². The molecular formula is C15H14N4O. The zero-order valence-electron chi connectivity index (χ0n) is 11.0. The van der Waals surface area contributed by atoms with Crippen LogP contribution in [0.4, 0.5) is 11.5 Å². The Kier molecular flexibility index (Phi) is 2.87. The second-order valence-electron chi connectivity index (χ2n) is 4.63. The first-order valence-corrected chi connectivity index (χ1v) is 6.26. The van der Waals surface area contributed by atoms with E-state index in [0.717, 1.165) is 16.5 Å². The number of amides is 1. The van der Waals surface area contributed by atoms with Crippen molar-refractivity contribution in [2.75, 3.05) is 11.1 Å². The van der Waals surface area contributed by atoms with Gasteiger partial charge in [0, 0.05) is 5.56 Å². The summed E-state index contributed by atoms with van der Waals surface area (Å²) >= 11 is 0. The molecule has 0 saturated heterocycles. The number of nitrogens with two attached hydrogens (primary N) is 1. The molecule has 0 spiro atoms. The van der Waals surface area contributed by atoms with Crippen molar-refractivity contribution in [3.63, 3.8) is 0 Å². The minimum Gasteiger partial charge on any atom is -0.394 e. The van der Waals surface area contributed by atoms with E-state index in [1.807, 2.05) is 36.4 Å². The maximum absolute atomic E-state index is 12.2. The van der Waals surface area contributed by atoms with Gasteiger partial charge in [-0.2, -0.15) is 5.10 Å². The van der Waals surface area contributed by atoms with Crippen molar-refractivity contribution in [2.45, 2.75) is 6.92 Å². The highest BCUT2D eigenvalue weighted by molar-refractivity contribution is 6.07. The van der Waals surface area contributed by atoms with E-state index in [-0.39, 0.29) is 5.91 Å². The number of carbonyl (C=O) groups excluding carboxylic acids is 1. The highest BCUT2D eigenvalue weighted by Crippen LogP contribution is 2.20. The van der Waals surface area contributed by atoms with Crippen LogP contribution in [0.1, 0.15) is 16.1 Å². The first-order chi connectivity index (χ1) is 9.65. The molecule has 20 heavy (non-hydrogen) atoms. The molecule has 0 unspecified atom stereocenters. The molecule has 0 saturated carbocycles. The number of benzene rings is 2. The molecule has 0 fully saturated rings. The maximum Gasteiger partial charge on any atom is 0.256 e. The standard InChI is InChI=1S/C15H14N4O/c1-9-13(16)14(19-18-9)17-15(20)12-7-6-10-4-2-3-5-11(10)8-12/h2-8H,16H2,1H3,(H2,17,18,19,20). The number of carbonyl (C=O) groups is 1. The van der Waals surface area contributed by atoms with E-state index in [1.165, 1.54) is 0 Å². The number of H-pyrrole nitrogens is 1. The maximum atomic E-state index is 12.2. The SMILES string of the molecule is Cc1[nH]nc(NC(=O)c2ccc3ccccc3c2)c1N. The normalized spacial score (nSPS) is 10.7. The number of nitrogens with zero attached hydrogens (tertiary/aromatic N) is 1. The van der Waals surface area contributed by atoms with Gasteiger partial charge in [-0.3, -0.25) is 9.89 Å². The van der Waals surface area contributed by atoms with E-state index in [0.29, 0.717) is 17.1 Å². The third kappa shape index (κ3) is 2.09. The first-order valence-electron chi connectivity index (χ1n) is 6.26. The van der Waals surface area contributed by atoms with Crippen LogP contribution < -0.4 is 11.1 Å². The van der Waals surface area contributed by atoms with Crippen molar-refractivity contribution < 1.29 is 4.79 Å². The van der Waals surface area contributed by atoms with Crippen molar-refractivity contribution in [1.82, 2.24) is 10.2 Å². The van der Waals surface area contributed by atoms with Gasteiger partial charge in [0.05, 0.1) is 11.4 Å². The van der Waals surface area contributed by atoms with Gasteiger partial charge < -0.3 is 11.1 Å². The molecule has 5 nitrogen and oxygen atoms in total. The fourth-order valence-electron chi connectivity index (χ4n) is 2.04. The van der Waals surface area contributed by atoms with Crippen LogP contribution in [0.25, 0.3) is 10.8 Å². The highest BCUT2D eigenvalue weighted by Gasteiger charge is 2.12. The van der Waals surface area contributed by atoms with Crippen molar-refractivity contribution in [3.8, 4) is 0 Å². The van der Waals surface area contributed by atoms with E-state index in [9.17, 15) is 4.79 Å². The van der Waals surface area contributed by atoms with Gasteiger partial charge in [-0.15, -0.1) is 0 Å². The fraction of sp³-hybridized carbons (Fsp3) is 0.0667. The molecular weight excluding hydrogens is 252 g/mol. The lowest BCUT2D eigenvalue weighted by Gasteiger charge is -2.05. The van der Waals surface area contributed by atoms with Crippen LogP contribution in [0.15, 0.2) is 42.5 Å². The molecule has 0 bridgehead atoms. The van der Waals surface area contributed by atoms with Gasteiger partial charge >= 0.3 is 0 Å². The third-order valence-corrected chi connectivity index (χ3v) is 3.24. The molecule has 5 heteroatoms. The quantitative estimate of drug-likeness (QED) is 0.666. The second-order valence-corrected chi connectivity index (χ2v) is 4.63. The number of aryl methyl sites for hydroxylation is 1. The van der Waals surface area contributed by atoms with Gasteiger partial charge in [-0.1, -0.05) is 30.3 Å². The molecule has 1 amide bonds. The Labute approximate surface area is 115 Å². The van der Waals surface area contributed by atoms with Crippen LogP contribution in [0.3, 0.4) is 0 Å². The van der Waals surface area contributed by atoms with Crippen LogP contribution in [-0.4, -0.2) is 16.1 Å². The molecule has 4 N–H and O–H groups in total. The molecule has 1 aromatic heterocycles. The van der Waals surface area contributed by atoms with Crippen LogP contribution >= 0.6 is 0 Å².